The van der Waals surface area contributed by atoms with Crippen molar-refractivity contribution >= 4 is 11.6 Å². The fraction of sp³-hybridized carbons (Fsp3) is 0.423. The predicted octanol–water partition coefficient (Wildman–Crippen LogP) is 5.13. The summed E-state index contributed by atoms with van der Waals surface area (Å²) in [6.45, 7) is 3.33. The normalized spacial score (nSPS) is 15.2. The van der Waals surface area contributed by atoms with Gasteiger partial charge in [0.05, 0.1) is 18.0 Å². The SMILES string of the molecule is CCCCCCOc1ccc(-c2cc(-c3ccn(CC4CC4)n3)c(N3N=NCC3=O)c(=O)[nH]2)c(F)c1. The van der Waals surface area contributed by atoms with Gasteiger partial charge in [-0.05, 0) is 49.4 Å². The fourth-order valence-electron chi connectivity index (χ4n) is 4.24. The van der Waals surface area contributed by atoms with Crippen LogP contribution in [0, 0.1) is 11.7 Å². The van der Waals surface area contributed by atoms with Gasteiger partial charge in [-0.3, -0.25) is 14.3 Å². The Morgan fingerprint density at radius 1 is 1.11 bits per heavy atom. The minimum atomic E-state index is -0.580. The third kappa shape index (κ3) is 5.22. The molecule has 0 unspecified atom stereocenters. The third-order valence-corrected chi connectivity index (χ3v) is 6.37. The van der Waals surface area contributed by atoms with E-state index in [2.05, 4.69) is 27.3 Å². The molecule has 188 valence electrons. The Kier molecular flexibility index (Phi) is 6.92. The van der Waals surface area contributed by atoms with E-state index in [9.17, 15) is 9.59 Å². The van der Waals surface area contributed by atoms with Crippen LogP contribution in [0.4, 0.5) is 10.1 Å². The van der Waals surface area contributed by atoms with E-state index < -0.39 is 17.3 Å². The van der Waals surface area contributed by atoms with E-state index in [1.54, 1.807) is 24.3 Å². The number of aromatic amines is 1. The van der Waals surface area contributed by atoms with E-state index >= 15 is 4.39 Å². The van der Waals surface area contributed by atoms with Crippen LogP contribution in [0.25, 0.3) is 22.5 Å². The maximum absolute atomic E-state index is 15.1. The zero-order valence-corrected chi connectivity index (χ0v) is 20.2. The molecule has 1 saturated carbocycles. The number of aromatic nitrogens is 3. The summed E-state index contributed by atoms with van der Waals surface area (Å²) in [7, 11) is 0. The largest absolute Gasteiger partial charge is 0.493 e. The first-order valence-electron chi connectivity index (χ1n) is 12.5. The van der Waals surface area contributed by atoms with Gasteiger partial charge in [-0.2, -0.15) is 15.2 Å². The van der Waals surface area contributed by atoms with Crippen LogP contribution >= 0.6 is 0 Å². The van der Waals surface area contributed by atoms with Gasteiger partial charge in [0, 0.05) is 29.9 Å². The van der Waals surface area contributed by atoms with Gasteiger partial charge in [0.2, 0.25) is 0 Å². The number of unbranched alkanes of at least 4 members (excludes halogenated alkanes) is 3. The first kappa shape index (κ1) is 23.9. The number of H-pyrrole nitrogens is 1. The maximum atomic E-state index is 15.1. The predicted molar refractivity (Wildman–Crippen MR) is 133 cm³/mol. The van der Waals surface area contributed by atoms with Gasteiger partial charge in [0.15, 0.2) is 0 Å². The Hall–Kier alpha value is -3.82. The van der Waals surface area contributed by atoms with E-state index in [0.29, 0.717) is 29.5 Å². The average Bonchev–Trinajstić information content (AvgIpc) is 3.38. The second kappa shape index (κ2) is 10.4. The van der Waals surface area contributed by atoms with E-state index in [1.165, 1.54) is 18.9 Å². The molecule has 2 aliphatic rings. The van der Waals surface area contributed by atoms with Crippen LogP contribution in [0.5, 0.6) is 5.75 Å². The van der Waals surface area contributed by atoms with Crippen molar-refractivity contribution in [3.05, 3.63) is 52.7 Å². The number of benzene rings is 1. The monoisotopic (exact) mass is 492 g/mol. The number of halogens is 1. The number of anilines is 1. The number of nitrogens with one attached hydrogen (secondary N) is 1. The van der Waals surface area contributed by atoms with Crippen LogP contribution in [-0.2, 0) is 11.3 Å². The molecule has 36 heavy (non-hydrogen) atoms. The van der Waals surface area contributed by atoms with E-state index in [4.69, 9.17) is 4.74 Å². The lowest BCUT2D eigenvalue weighted by molar-refractivity contribution is -0.116. The summed E-state index contributed by atoms with van der Waals surface area (Å²) in [5.74, 6) is 0.112. The highest BCUT2D eigenvalue weighted by Crippen LogP contribution is 2.34. The zero-order valence-electron chi connectivity index (χ0n) is 20.2. The van der Waals surface area contributed by atoms with Crippen molar-refractivity contribution in [2.24, 2.45) is 16.3 Å². The van der Waals surface area contributed by atoms with Crippen molar-refractivity contribution in [2.75, 3.05) is 18.2 Å². The molecule has 1 aromatic carbocycles. The topological polar surface area (TPSA) is 105 Å². The van der Waals surface area contributed by atoms with Crippen LogP contribution in [-0.4, -0.2) is 33.8 Å². The van der Waals surface area contributed by atoms with Crippen molar-refractivity contribution in [3.63, 3.8) is 0 Å². The molecule has 0 spiro atoms. The molecule has 2 aromatic heterocycles. The summed E-state index contributed by atoms with van der Waals surface area (Å²) in [6, 6.07) is 8.01. The summed E-state index contributed by atoms with van der Waals surface area (Å²) in [5, 5.41) is 13.2. The van der Waals surface area contributed by atoms with Crippen LogP contribution < -0.4 is 15.3 Å². The number of ether oxygens (including phenoxy) is 1. The quantitative estimate of drug-likeness (QED) is 0.375. The first-order chi connectivity index (χ1) is 17.5. The van der Waals surface area contributed by atoms with Gasteiger partial charge in [0.1, 0.15) is 23.8 Å². The number of pyridine rings is 1. The van der Waals surface area contributed by atoms with Crippen LogP contribution in [0.3, 0.4) is 0 Å². The molecule has 1 aliphatic carbocycles. The molecule has 0 atom stereocenters. The highest BCUT2D eigenvalue weighted by Gasteiger charge is 2.29. The van der Waals surface area contributed by atoms with E-state index in [1.807, 2.05) is 10.9 Å². The van der Waals surface area contributed by atoms with E-state index in [0.717, 1.165) is 37.2 Å². The molecule has 0 radical (unpaired) electrons. The molecule has 10 heteroatoms. The lowest BCUT2D eigenvalue weighted by Crippen LogP contribution is -2.29. The van der Waals surface area contributed by atoms with Gasteiger partial charge in [-0.15, -0.1) is 0 Å². The summed E-state index contributed by atoms with van der Waals surface area (Å²) >= 11 is 0. The molecule has 1 aliphatic heterocycles. The van der Waals surface area contributed by atoms with Gasteiger partial charge in [-0.1, -0.05) is 31.4 Å². The first-order valence-corrected chi connectivity index (χ1v) is 12.5. The number of amides is 1. The summed E-state index contributed by atoms with van der Waals surface area (Å²) in [6.07, 6.45) is 8.46. The Labute approximate surface area is 208 Å². The Morgan fingerprint density at radius 2 is 1.97 bits per heavy atom. The number of hydrogen-bond donors (Lipinski definition) is 1. The minimum absolute atomic E-state index is 0.0223. The standard InChI is InChI=1S/C26H29FN6O3/c1-2-3-4-5-12-36-18-8-9-19(21(27)13-18)23-14-20(22-10-11-32(30-22)16-17-6-7-17)25(26(35)29-23)33-24(34)15-28-31-33/h8-11,13-14,17H,2-7,12,15-16H2,1H3,(H,29,35). The van der Waals surface area contributed by atoms with E-state index in [-0.39, 0.29) is 23.5 Å². The summed E-state index contributed by atoms with van der Waals surface area (Å²) < 4.78 is 22.6. The molecule has 0 bridgehead atoms. The molecule has 1 fully saturated rings. The highest BCUT2D eigenvalue weighted by atomic mass is 19.1. The Balaban J connectivity index is 1.47. The Bertz CT molecular complexity index is 1340. The summed E-state index contributed by atoms with van der Waals surface area (Å²) in [4.78, 5) is 28.3. The zero-order chi connectivity index (χ0) is 25.1. The van der Waals surface area contributed by atoms with Crippen molar-refractivity contribution in [2.45, 2.75) is 52.0 Å². The summed E-state index contributed by atoms with van der Waals surface area (Å²) in [5.41, 5.74) is 0.808. The minimum Gasteiger partial charge on any atom is -0.493 e. The van der Waals surface area contributed by atoms with Gasteiger partial charge >= 0.3 is 0 Å². The second-order valence-corrected chi connectivity index (χ2v) is 9.29. The van der Waals surface area contributed by atoms with Crippen molar-refractivity contribution in [3.8, 4) is 28.3 Å². The molecule has 1 amide bonds. The molecule has 9 nitrogen and oxygen atoms in total. The molecule has 3 aromatic rings. The van der Waals surface area contributed by atoms with Gasteiger partial charge in [0.25, 0.3) is 11.5 Å². The molecule has 5 rings (SSSR count). The highest BCUT2D eigenvalue weighted by molar-refractivity contribution is 5.99. The number of carbonyl (C=O) groups is 1. The van der Waals surface area contributed by atoms with Gasteiger partial charge < -0.3 is 9.72 Å². The number of nitrogens with zero attached hydrogens (tertiary/aromatic N) is 5. The maximum Gasteiger partial charge on any atom is 0.275 e. The number of carbonyl (C=O) groups excluding carboxylic acids is 1. The van der Waals surface area contributed by atoms with Crippen molar-refractivity contribution in [1.82, 2.24) is 14.8 Å². The number of rotatable bonds is 11. The fourth-order valence-corrected chi connectivity index (χ4v) is 4.24. The van der Waals surface area contributed by atoms with Gasteiger partial charge in [-0.25, -0.2) is 4.39 Å². The average molecular weight is 493 g/mol. The smallest absolute Gasteiger partial charge is 0.275 e. The lowest BCUT2D eigenvalue weighted by atomic mass is 10.0. The molecule has 3 heterocycles. The second-order valence-electron chi connectivity index (χ2n) is 9.29. The third-order valence-electron chi connectivity index (χ3n) is 6.37. The number of hydrogen-bond acceptors (Lipinski definition) is 6. The molecule has 0 saturated heterocycles. The molecular formula is C26H29FN6O3. The van der Waals surface area contributed by atoms with Crippen LogP contribution in [0.1, 0.15) is 45.4 Å². The lowest BCUT2D eigenvalue weighted by Gasteiger charge is -2.15. The van der Waals surface area contributed by atoms with Crippen LogP contribution in [0.2, 0.25) is 0 Å². The molecule has 1 N–H and O–H groups in total. The Morgan fingerprint density at radius 3 is 2.69 bits per heavy atom. The molecular weight excluding hydrogens is 463 g/mol. The van der Waals surface area contributed by atoms with Crippen molar-refractivity contribution < 1.29 is 13.9 Å². The van der Waals surface area contributed by atoms with Crippen molar-refractivity contribution in [1.29, 1.82) is 0 Å². The van der Waals surface area contributed by atoms with Crippen LogP contribution in [0.15, 0.2) is 51.7 Å².